The van der Waals surface area contributed by atoms with E-state index < -0.39 is 23.0 Å². The number of hydrogen-bond acceptors (Lipinski definition) is 4. The standard InChI is InChI=1S/C27H33ClN2O4/c1-26(2)17-30(15-14-27(26,34)19-8-10-20(28)11-9-19)25(33)22-16-21(31)12-13-23(22)29-24(32)18-6-4-3-5-7-18/h3-11,21-23,31,34H,12-17H2,1-2H3,(H,29,32). The highest BCUT2D eigenvalue weighted by molar-refractivity contribution is 6.30. The second-order valence-corrected chi connectivity index (χ2v) is 10.7. The van der Waals surface area contributed by atoms with Gasteiger partial charge in [0.1, 0.15) is 0 Å². The number of likely N-dealkylation sites (tertiary alicyclic amines) is 1. The van der Waals surface area contributed by atoms with Crippen molar-refractivity contribution in [1.29, 1.82) is 0 Å². The zero-order chi connectivity index (χ0) is 24.5. The van der Waals surface area contributed by atoms with Crippen molar-refractivity contribution in [3.05, 3.63) is 70.7 Å². The van der Waals surface area contributed by atoms with E-state index in [1.807, 2.05) is 32.0 Å². The van der Waals surface area contributed by atoms with E-state index >= 15 is 0 Å². The van der Waals surface area contributed by atoms with Crippen LogP contribution in [-0.2, 0) is 10.4 Å². The molecule has 4 rings (SSSR count). The first-order valence-electron chi connectivity index (χ1n) is 11.9. The molecular weight excluding hydrogens is 452 g/mol. The van der Waals surface area contributed by atoms with Crippen molar-refractivity contribution in [2.45, 2.75) is 57.3 Å². The minimum atomic E-state index is -1.10. The maximum Gasteiger partial charge on any atom is 0.251 e. The van der Waals surface area contributed by atoms with Gasteiger partial charge in [-0.25, -0.2) is 0 Å². The number of hydrogen-bond donors (Lipinski definition) is 3. The van der Waals surface area contributed by atoms with Crippen LogP contribution < -0.4 is 5.32 Å². The number of carbonyl (C=O) groups is 2. The lowest BCUT2D eigenvalue weighted by Gasteiger charge is -2.51. The molecule has 1 aliphatic heterocycles. The Kier molecular flexibility index (Phi) is 7.04. The number of halogens is 1. The monoisotopic (exact) mass is 484 g/mol. The third kappa shape index (κ3) is 4.85. The fourth-order valence-electron chi connectivity index (χ4n) is 5.44. The molecule has 2 aliphatic rings. The molecular formula is C27H33ClN2O4. The van der Waals surface area contributed by atoms with Crippen molar-refractivity contribution in [2.24, 2.45) is 11.3 Å². The van der Waals surface area contributed by atoms with Crippen LogP contribution >= 0.6 is 11.6 Å². The molecule has 1 aliphatic carbocycles. The summed E-state index contributed by atoms with van der Waals surface area (Å²) in [5.41, 5.74) is -0.367. The Morgan fingerprint density at radius 1 is 1.06 bits per heavy atom. The van der Waals surface area contributed by atoms with Gasteiger partial charge < -0.3 is 20.4 Å². The molecule has 2 fully saturated rings. The Labute approximate surface area is 205 Å². The van der Waals surface area contributed by atoms with E-state index in [1.54, 1.807) is 41.3 Å². The molecule has 0 bridgehead atoms. The maximum absolute atomic E-state index is 13.7. The molecule has 0 radical (unpaired) electrons. The van der Waals surface area contributed by atoms with Gasteiger partial charge in [-0.2, -0.15) is 0 Å². The lowest BCUT2D eigenvalue weighted by Crippen LogP contribution is -2.59. The molecule has 3 N–H and O–H groups in total. The number of nitrogens with zero attached hydrogens (tertiary/aromatic N) is 1. The summed E-state index contributed by atoms with van der Waals surface area (Å²) in [5.74, 6) is -0.798. The molecule has 6 nitrogen and oxygen atoms in total. The Balaban J connectivity index is 1.50. The van der Waals surface area contributed by atoms with Crippen LogP contribution in [0.5, 0.6) is 0 Å². The normalized spacial score (nSPS) is 28.9. The number of aliphatic hydroxyl groups is 2. The SMILES string of the molecule is CC1(C)CN(C(=O)C2CC(O)CCC2NC(=O)c2ccccc2)CCC1(O)c1ccc(Cl)cc1. The zero-order valence-electron chi connectivity index (χ0n) is 19.7. The van der Waals surface area contributed by atoms with Crippen LogP contribution in [0, 0.1) is 11.3 Å². The van der Waals surface area contributed by atoms with Gasteiger partial charge in [-0.3, -0.25) is 9.59 Å². The predicted octanol–water partition coefficient (Wildman–Crippen LogP) is 3.75. The smallest absolute Gasteiger partial charge is 0.251 e. The summed E-state index contributed by atoms with van der Waals surface area (Å²) in [6.45, 7) is 4.70. The summed E-state index contributed by atoms with van der Waals surface area (Å²) >= 11 is 6.03. The number of piperidine rings is 1. The molecule has 1 saturated heterocycles. The van der Waals surface area contributed by atoms with E-state index in [-0.39, 0.29) is 17.9 Å². The minimum absolute atomic E-state index is 0.0802. The summed E-state index contributed by atoms with van der Waals surface area (Å²) < 4.78 is 0. The summed E-state index contributed by atoms with van der Waals surface area (Å²) in [4.78, 5) is 28.2. The van der Waals surface area contributed by atoms with Crippen LogP contribution in [0.2, 0.25) is 5.02 Å². The van der Waals surface area contributed by atoms with Gasteiger partial charge >= 0.3 is 0 Å². The second kappa shape index (κ2) is 9.68. The molecule has 4 unspecified atom stereocenters. The van der Waals surface area contributed by atoms with E-state index in [0.29, 0.717) is 49.4 Å². The first-order chi connectivity index (χ1) is 16.1. The fourth-order valence-corrected chi connectivity index (χ4v) is 5.57. The quantitative estimate of drug-likeness (QED) is 0.616. The molecule has 0 aromatic heterocycles. The van der Waals surface area contributed by atoms with E-state index in [0.717, 1.165) is 5.56 Å². The largest absolute Gasteiger partial charge is 0.393 e. The minimum Gasteiger partial charge on any atom is -0.393 e. The van der Waals surface area contributed by atoms with Crippen molar-refractivity contribution < 1.29 is 19.8 Å². The van der Waals surface area contributed by atoms with Crippen LogP contribution in [0.15, 0.2) is 54.6 Å². The van der Waals surface area contributed by atoms with Gasteiger partial charge in [-0.1, -0.05) is 55.8 Å². The summed E-state index contributed by atoms with van der Waals surface area (Å²) in [7, 11) is 0. The van der Waals surface area contributed by atoms with Crippen LogP contribution in [0.25, 0.3) is 0 Å². The third-order valence-electron chi connectivity index (χ3n) is 7.58. The predicted molar refractivity (Wildman–Crippen MR) is 131 cm³/mol. The molecule has 34 heavy (non-hydrogen) atoms. The second-order valence-electron chi connectivity index (χ2n) is 10.3. The number of nitrogens with one attached hydrogen (secondary N) is 1. The molecule has 7 heteroatoms. The van der Waals surface area contributed by atoms with Crippen molar-refractivity contribution in [2.75, 3.05) is 13.1 Å². The van der Waals surface area contributed by atoms with Crippen molar-refractivity contribution in [3.63, 3.8) is 0 Å². The maximum atomic E-state index is 13.7. The van der Waals surface area contributed by atoms with E-state index in [4.69, 9.17) is 11.6 Å². The van der Waals surface area contributed by atoms with Crippen LogP contribution in [-0.4, -0.2) is 52.2 Å². The molecule has 2 aromatic carbocycles. The third-order valence-corrected chi connectivity index (χ3v) is 7.83. The van der Waals surface area contributed by atoms with E-state index in [1.165, 1.54) is 0 Å². The van der Waals surface area contributed by atoms with Gasteiger partial charge in [0.25, 0.3) is 5.91 Å². The zero-order valence-corrected chi connectivity index (χ0v) is 20.5. The average molecular weight is 485 g/mol. The first kappa shape index (κ1) is 24.7. The summed E-state index contributed by atoms with van der Waals surface area (Å²) in [6.07, 6.45) is 1.23. The average Bonchev–Trinajstić information content (AvgIpc) is 2.82. The number of aliphatic hydroxyl groups excluding tert-OH is 1. The molecule has 182 valence electrons. The van der Waals surface area contributed by atoms with Gasteiger partial charge in [-0.05, 0) is 55.5 Å². The number of benzene rings is 2. The first-order valence-corrected chi connectivity index (χ1v) is 12.3. The van der Waals surface area contributed by atoms with E-state index in [9.17, 15) is 19.8 Å². The Bertz CT molecular complexity index is 1030. The highest BCUT2D eigenvalue weighted by Crippen LogP contribution is 2.46. The van der Waals surface area contributed by atoms with Crippen LogP contribution in [0.4, 0.5) is 0 Å². The van der Waals surface area contributed by atoms with Gasteiger partial charge in [0.15, 0.2) is 0 Å². The number of amides is 2. The molecule has 4 atom stereocenters. The number of carbonyl (C=O) groups excluding carboxylic acids is 2. The van der Waals surface area contributed by atoms with Gasteiger partial charge in [-0.15, -0.1) is 0 Å². The Morgan fingerprint density at radius 2 is 1.74 bits per heavy atom. The highest BCUT2D eigenvalue weighted by atomic mass is 35.5. The lowest BCUT2D eigenvalue weighted by molar-refractivity contribution is -0.159. The Hall–Kier alpha value is -2.41. The Morgan fingerprint density at radius 3 is 2.38 bits per heavy atom. The highest BCUT2D eigenvalue weighted by Gasteiger charge is 2.51. The number of rotatable bonds is 4. The van der Waals surface area contributed by atoms with Crippen molar-refractivity contribution in [1.82, 2.24) is 10.2 Å². The van der Waals surface area contributed by atoms with E-state index in [2.05, 4.69) is 5.32 Å². The summed E-state index contributed by atoms with van der Waals surface area (Å²) in [6, 6.07) is 15.8. The molecule has 2 amide bonds. The van der Waals surface area contributed by atoms with Gasteiger partial charge in [0.2, 0.25) is 5.91 Å². The van der Waals surface area contributed by atoms with Crippen LogP contribution in [0.3, 0.4) is 0 Å². The van der Waals surface area contributed by atoms with Crippen LogP contribution in [0.1, 0.15) is 55.5 Å². The summed E-state index contributed by atoms with van der Waals surface area (Å²) in [5, 5.41) is 25.6. The molecule has 2 aromatic rings. The van der Waals surface area contributed by atoms with Gasteiger partial charge in [0.05, 0.1) is 17.6 Å². The molecule has 1 heterocycles. The lowest BCUT2D eigenvalue weighted by atomic mass is 9.66. The molecule has 0 spiro atoms. The molecule has 1 saturated carbocycles. The van der Waals surface area contributed by atoms with Gasteiger partial charge in [0, 0.05) is 35.1 Å². The fraction of sp³-hybridized carbons (Fsp3) is 0.481. The van der Waals surface area contributed by atoms with Crippen molar-refractivity contribution in [3.8, 4) is 0 Å². The van der Waals surface area contributed by atoms with Crippen molar-refractivity contribution >= 4 is 23.4 Å². The topological polar surface area (TPSA) is 89.9 Å².